The van der Waals surface area contributed by atoms with Crippen LogP contribution in [0, 0.1) is 17.9 Å². The first kappa shape index (κ1) is 12.4. The van der Waals surface area contributed by atoms with Crippen molar-refractivity contribution in [2.75, 3.05) is 18.0 Å². The highest BCUT2D eigenvalue weighted by atomic mass is 35.5. The van der Waals surface area contributed by atoms with Crippen LogP contribution < -0.4 is 4.90 Å². The lowest BCUT2D eigenvalue weighted by Gasteiger charge is -2.36. The minimum Gasteiger partial charge on any atom is -0.360 e. The molecule has 1 aromatic rings. The molecule has 2 aliphatic rings. The number of carbonyl (C=O) groups is 1. The average Bonchev–Trinajstić information content (AvgIpc) is 3.18. The topological polar surface area (TPSA) is 50.5 Å². The van der Waals surface area contributed by atoms with Crippen molar-refractivity contribution in [2.24, 2.45) is 11.3 Å². The van der Waals surface area contributed by atoms with Crippen molar-refractivity contribution in [1.82, 2.24) is 9.97 Å². The molecular weight excluding hydrogens is 264 g/mol. The summed E-state index contributed by atoms with van der Waals surface area (Å²) in [6.07, 6.45) is 4.42. The second-order valence-corrected chi connectivity index (χ2v) is 5.63. The Labute approximate surface area is 116 Å². The lowest BCUT2D eigenvalue weighted by Crippen LogP contribution is -2.44. The standard InChI is InChI=1S/C13H13ClN4O/c1-15-10-2-6-16-12(17-10)18-7-3-9(11(14)19)13(8-18)4-5-13/h2,6,9H,3-5,7-8H2. The third-order valence-corrected chi connectivity index (χ3v) is 4.39. The van der Waals surface area contributed by atoms with Crippen LogP contribution in [0.25, 0.3) is 4.85 Å². The van der Waals surface area contributed by atoms with Gasteiger partial charge in [0.25, 0.3) is 5.82 Å². The number of rotatable bonds is 2. The molecule has 3 rings (SSSR count). The zero-order valence-electron chi connectivity index (χ0n) is 10.3. The number of aromatic nitrogens is 2. The number of carbonyl (C=O) groups excluding carboxylic acids is 1. The molecule has 98 valence electrons. The molecule has 1 spiro atoms. The molecule has 1 aliphatic carbocycles. The molecule has 2 heterocycles. The molecule has 0 N–H and O–H groups in total. The Bertz CT molecular complexity index is 564. The Morgan fingerprint density at radius 3 is 3.00 bits per heavy atom. The average molecular weight is 277 g/mol. The van der Waals surface area contributed by atoms with E-state index in [9.17, 15) is 4.79 Å². The van der Waals surface area contributed by atoms with E-state index in [-0.39, 0.29) is 16.6 Å². The van der Waals surface area contributed by atoms with Crippen LogP contribution in [0.1, 0.15) is 19.3 Å². The molecule has 1 aromatic heterocycles. The summed E-state index contributed by atoms with van der Waals surface area (Å²) in [5, 5.41) is -0.215. The number of piperidine rings is 1. The van der Waals surface area contributed by atoms with Gasteiger partial charge in [-0.25, -0.2) is 4.98 Å². The molecule has 1 saturated heterocycles. The number of anilines is 1. The van der Waals surface area contributed by atoms with Crippen molar-refractivity contribution < 1.29 is 4.79 Å². The summed E-state index contributed by atoms with van der Waals surface area (Å²) < 4.78 is 0. The first-order valence-electron chi connectivity index (χ1n) is 6.29. The van der Waals surface area contributed by atoms with E-state index >= 15 is 0 Å². The van der Waals surface area contributed by atoms with Gasteiger partial charge in [-0.2, -0.15) is 0 Å². The fourth-order valence-corrected chi connectivity index (χ4v) is 3.25. The van der Waals surface area contributed by atoms with Gasteiger partial charge in [-0.1, -0.05) is 11.6 Å². The molecule has 5 nitrogen and oxygen atoms in total. The third-order valence-electron chi connectivity index (χ3n) is 4.12. The van der Waals surface area contributed by atoms with Crippen molar-refractivity contribution in [3.8, 4) is 0 Å². The number of hydrogen-bond donors (Lipinski definition) is 0. The van der Waals surface area contributed by atoms with Crippen LogP contribution in [0.5, 0.6) is 0 Å². The fraction of sp³-hybridized carbons (Fsp3) is 0.538. The van der Waals surface area contributed by atoms with E-state index in [0.717, 1.165) is 25.8 Å². The van der Waals surface area contributed by atoms with Gasteiger partial charge in [-0.05, 0) is 42.3 Å². The highest BCUT2D eigenvalue weighted by molar-refractivity contribution is 6.64. The van der Waals surface area contributed by atoms with E-state index in [2.05, 4.69) is 19.7 Å². The highest BCUT2D eigenvalue weighted by Crippen LogP contribution is 2.56. The van der Waals surface area contributed by atoms with Gasteiger partial charge in [-0.15, -0.1) is 0 Å². The Balaban J connectivity index is 1.82. The maximum Gasteiger partial charge on any atom is 0.322 e. The van der Waals surface area contributed by atoms with Crippen molar-refractivity contribution in [1.29, 1.82) is 0 Å². The van der Waals surface area contributed by atoms with Gasteiger partial charge in [0.05, 0.1) is 0 Å². The fourth-order valence-electron chi connectivity index (χ4n) is 2.91. The highest BCUT2D eigenvalue weighted by Gasteiger charge is 2.55. The molecule has 0 amide bonds. The van der Waals surface area contributed by atoms with Crippen LogP contribution >= 0.6 is 11.6 Å². The summed E-state index contributed by atoms with van der Waals surface area (Å²) in [4.78, 5) is 25.3. The van der Waals surface area contributed by atoms with Crippen LogP contribution in [-0.2, 0) is 4.79 Å². The van der Waals surface area contributed by atoms with Gasteiger partial charge in [0, 0.05) is 25.2 Å². The Kier molecular flexibility index (Phi) is 2.90. The predicted molar refractivity (Wildman–Crippen MR) is 71.1 cm³/mol. The molecule has 1 unspecified atom stereocenters. The number of nitrogens with zero attached hydrogens (tertiary/aromatic N) is 4. The number of halogens is 1. The second-order valence-electron chi connectivity index (χ2n) is 5.26. The normalized spacial score (nSPS) is 24.0. The monoisotopic (exact) mass is 276 g/mol. The summed E-state index contributed by atoms with van der Waals surface area (Å²) in [5.41, 5.74) is 0.0224. The van der Waals surface area contributed by atoms with Crippen LogP contribution in [0.15, 0.2) is 12.3 Å². The Morgan fingerprint density at radius 1 is 1.58 bits per heavy atom. The van der Waals surface area contributed by atoms with Crippen LogP contribution in [0.4, 0.5) is 11.8 Å². The molecule has 1 atom stereocenters. The summed E-state index contributed by atoms with van der Waals surface area (Å²) in [5.74, 6) is 0.903. The lowest BCUT2D eigenvalue weighted by molar-refractivity contribution is -0.117. The minimum absolute atomic E-state index is 0.0224. The van der Waals surface area contributed by atoms with Crippen molar-refractivity contribution >= 4 is 28.6 Å². The quantitative estimate of drug-likeness (QED) is 0.615. The Hall–Kier alpha value is -1.67. The zero-order chi connectivity index (χ0) is 13.5. The van der Waals surface area contributed by atoms with Gasteiger partial charge in [-0.3, -0.25) is 4.79 Å². The third kappa shape index (κ3) is 2.17. The minimum atomic E-state index is -0.215. The van der Waals surface area contributed by atoms with Crippen LogP contribution in [-0.4, -0.2) is 28.3 Å². The van der Waals surface area contributed by atoms with E-state index in [1.165, 1.54) is 0 Å². The molecule has 1 saturated carbocycles. The molecule has 1 aliphatic heterocycles. The summed E-state index contributed by atoms with van der Waals surface area (Å²) in [6, 6.07) is 1.60. The van der Waals surface area contributed by atoms with E-state index in [1.807, 2.05) is 0 Å². The molecule has 2 fully saturated rings. The van der Waals surface area contributed by atoms with Crippen molar-refractivity contribution in [3.05, 3.63) is 23.7 Å². The van der Waals surface area contributed by atoms with Crippen LogP contribution in [0.3, 0.4) is 0 Å². The molecular formula is C13H13ClN4O. The van der Waals surface area contributed by atoms with Crippen molar-refractivity contribution in [3.63, 3.8) is 0 Å². The smallest absolute Gasteiger partial charge is 0.322 e. The van der Waals surface area contributed by atoms with Crippen molar-refractivity contribution in [2.45, 2.75) is 19.3 Å². The predicted octanol–water partition coefficient (Wildman–Crippen LogP) is 2.40. The molecule has 6 heteroatoms. The summed E-state index contributed by atoms with van der Waals surface area (Å²) in [6.45, 7) is 8.46. The van der Waals surface area contributed by atoms with Gasteiger partial charge in [0.15, 0.2) is 0 Å². The zero-order valence-corrected chi connectivity index (χ0v) is 11.1. The maximum atomic E-state index is 11.5. The van der Waals surface area contributed by atoms with Gasteiger partial charge in [0.2, 0.25) is 5.24 Å². The lowest BCUT2D eigenvalue weighted by atomic mass is 9.83. The summed E-state index contributed by atoms with van der Waals surface area (Å²) >= 11 is 5.69. The SMILES string of the molecule is [C-]#[N+]c1ccnc(N2CCC(C(=O)Cl)C3(CC3)C2)n1. The first-order chi connectivity index (χ1) is 9.14. The molecule has 0 aromatic carbocycles. The largest absolute Gasteiger partial charge is 0.360 e. The van der Waals surface area contributed by atoms with Gasteiger partial charge >= 0.3 is 5.95 Å². The van der Waals surface area contributed by atoms with E-state index < -0.39 is 0 Å². The summed E-state index contributed by atoms with van der Waals surface area (Å²) in [7, 11) is 0. The number of hydrogen-bond acceptors (Lipinski definition) is 4. The maximum absolute atomic E-state index is 11.5. The van der Waals surface area contributed by atoms with E-state index in [4.69, 9.17) is 18.2 Å². The Morgan fingerprint density at radius 2 is 2.37 bits per heavy atom. The van der Waals surface area contributed by atoms with Crippen LogP contribution in [0.2, 0.25) is 0 Å². The molecule has 19 heavy (non-hydrogen) atoms. The van der Waals surface area contributed by atoms with Gasteiger partial charge in [0.1, 0.15) is 0 Å². The molecule has 0 radical (unpaired) electrons. The second kappa shape index (κ2) is 4.46. The first-order valence-corrected chi connectivity index (χ1v) is 6.67. The van der Waals surface area contributed by atoms with Gasteiger partial charge < -0.3 is 9.74 Å². The van der Waals surface area contributed by atoms with E-state index in [1.54, 1.807) is 12.3 Å². The van der Waals surface area contributed by atoms with E-state index in [0.29, 0.717) is 18.3 Å². The molecule has 0 bridgehead atoms.